The molecule has 1 aliphatic heterocycles. The van der Waals surface area contributed by atoms with Crippen LogP contribution in [0.4, 0.5) is 5.69 Å². The molecule has 1 atom stereocenters. The van der Waals surface area contributed by atoms with Crippen molar-refractivity contribution in [2.45, 2.75) is 25.4 Å². The van der Waals surface area contributed by atoms with E-state index in [9.17, 15) is 4.79 Å². The molecule has 0 spiro atoms. The molecule has 1 saturated heterocycles. The maximum Gasteiger partial charge on any atom is 0.224 e. The van der Waals surface area contributed by atoms with Crippen LogP contribution in [0.15, 0.2) is 54.6 Å². The van der Waals surface area contributed by atoms with E-state index in [1.54, 1.807) is 0 Å². The van der Waals surface area contributed by atoms with Crippen molar-refractivity contribution in [3.8, 4) is 0 Å². The highest BCUT2D eigenvalue weighted by atomic mass is 35.5. The normalized spacial score (nSPS) is 17.2. The van der Waals surface area contributed by atoms with Gasteiger partial charge in [0.2, 0.25) is 5.91 Å². The molecule has 1 heterocycles. The second-order valence-electron chi connectivity index (χ2n) is 6.20. The van der Waals surface area contributed by atoms with Gasteiger partial charge in [-0.2, -0.15) is 0 Å². The predicted molar refractivity (Wildman–Crippen MR) is 100 cm³/mol. The highest BCUT2D eigenvalue weighted by Gasteiger charge is 2.23. The topological polar surface area (TPSA) is 58.4 Å². The maximum absolute atomic E-state index is 12.2. The molecule has 0 aliphatic carbocycles. The molecule has 0 aromatic heterocycles. The second kappa shape index (κ2) is 8.71. The molecular weight excluding hydrogens is 322 g/mol. The minimum absolute atomic E-state index is 0. The van der Waals surface area contributed by atoms with Crippen LogP contribution in [0.1, 0.15) is 17.5 Å². The molecule has 3 N–H and O–H groups in total. The Bertz CT molecular complexity index is 663. The van der Waals surface area contributed by atoms with Crippen LogP contribution in [-0.2, 0) is 17.8 Å². The Hall–Kier alpha value is -2.04. The lowest BCUT2D eigenvalue weighted by Gasteiger charge is -2.17. The van der Waals surface area contributed by atoms with Crippen molar-refractivity contribution in [3.05, 3.63) is 65.7 Å². The summed E-state index contributed by atoms with van der Waals surface area (Å²) in [6, 6.07) is 18.2. The van der Waals surface area contributed by atoms with Crippen LogP contribution in [0, 0.1) is 0 Å². The highest BCUT2D eigenvalue weighted by Crippen LogP contribution is 2.14. The molecule has 0 bridgehead atoms. The zero-order valence-corrected chi connectivity index (χ0v) is 14.5. The third kappa shape index (κ3) is 5.25. The number of nitrogen functional groups attached to an aromatic ring is 1. The Morgan fingerprint density at radius 1 is 1.12 bits per heavy atom. The number of likely N-dealkylation sites (tertiary alicyclic amines) is 1. The number of nitrogens with one attached hydrogen (secondary N) is 1. The Morgan fingerprint density at radius 3 is 2.62 bits per heavy atom. The summed E-state index contributed by atoms with van der Waals surface area (Å²) in [4.78, 5) is 14.6. The predicted octanol–water partition coefficient (Wildman–Crippen LogP) is 2.62. The molecule has 0 radical (unpaired) electrons. The first-order chi connectivity index (χ1) is 11.2. The van der Waals surface area contributed by atoms with Crippen molar-refractivity contribution in [3.63, 3.8) is 0 Å². The van der Waals surface area contributed by atoms with E-state index in [0.29, 0.717) is 12.1 Å². The van der Waals surface area contributed by atoms with E-state index in [4.69, 9.17) is 5.73 Å². The van der Waals surface area contributed by atoms with Crippen molar-refractivity contribution in [2.75, 3.05) is 18.8 Å². The second-order valence-corrected chi connectivity index (χ2v) is 6.20. The number of hydrogen-bond donors (Lipinski definition) is 2. The summed E-state index contributed by atoms with van der Waals surface area (Å²) in [5.41, 5.74) is 8.73. The van der Waals surface area contributed by atoms with Gasteiger partial charge in [0.1, 0.15) is 0 Å². The van der Waals surface area contributed by atoms with Gasteiger partial charge in [-0.1, -0.05) is 42.5 Å². The van der Waals surface area contributed by atoms with Gasteiger partial charge >= 0.3 is 0 Å². The molecule has 3 rings (SSSR count). The molecule has 1 fully saturated rings. The molecule has 1 aliphatic rings. The van der Waals surface area contributed by atoms with Crippen molar-refractivity contribution in [1.29, 1.82) is 0 Å². The molecule has 1 unspecified atom stereocenters. The zero-order chi connectivity index (χ0) is 16.1. The Morgan fingerprint density at radius 2 is 1.88 bits per heavy atom. The SMILES string of the molecule is Cl.Nc1cccc(CC(=O)NC2CCN(Cc3ccccc3)C2)c1. The minimum Gasteiger partial charge on any atom is -0.399 e. The number of benzene rings is 2. The molecule has 4 nitrogen and oxygen atoms in total. The monoisotopic (exact) mass is 345 g/mol. The maximum atomic E-state index is 12.2. The van der Waals surface area contributed by atoms with Gasteiger partial charge in [0.05, 0.1) is 6.42 Å². The number of nitrogens with zero attached hydrogens (tertiary/aromatic N) is 1. The molecule has 2 aromatic carbocycles. The molecule has 1 amide bonds. The van der Waals surface area contributed by atoms with Gasteiger partial charge in [0, 0.05) is 31.4 Å². The fraction of sp³-hybridized carbons (Fsp3) is 0.316. The third-order valence-electron chi connectivity index (χ3n) is 4.20. The van der Waals surface area contributed by atoms with Crippen molar-refractivity contribution in [1.82, 2.24) is 10.2 Å². The average Bonchev–Trinajstić information content (AvgIpc) is 2.95. The number of carbonyl (C=O) groups is 1. The van der Waals surface area contributed by atoms with Gasteiger partial charge in [-0.15, -0.1) is 12.4 Å². The fourth-order valence-electron chi connectivity index (χ4n) is 3.10. The van der Waals surface area contributed by atoms with Crippen molar-refractivity contribution in [2.24, 2.45) is 0 Å². The van der Waals surface area contributed by atoms with E-state index in [1.807, 2.05) is 30.3 Å². The van der Waals surface area contributed by atoms with Gasteiger partial charge in [0.25, 0.3) is 0 Å². The Kier molecular flexibility index (Phi) is 6.64. The van der Waals surface area contributed by atoms with Crippen LogP contribution in [0.25, 0.3) is 0 Å². The molecule has 0 saturated carbocycles. The lowest BCUT2D eigenvalue weighted by molar-refractivity contribution is -0.121. The Labute approximate surface area is 149 Å². The summed E-state index contributed by atoms with van der Waals surface area (Å²) in [5.74, 6) is 0.0714. The number of nitrogens with two attached hydrogens (primary N) is 1. The van der Waals surface area contributed by atoms with E-state index < -0.39 is 0 Å². The molecule has 2 aromatic rings. The lowest BCUT2D eigenvalue weighted by atomic mass is 10.1. The highest BCUT2D eigenvalue weighted by molar-refractivity contribution is 5.85. The van der Waals surface area contributed by atoms with Crippen LogP contribution in [-0.4, -0.2) is 29.9 Å². The first kappa shape index (κ1) is 18.3. The largest absolute Gasteiger partial charge is 0.399 e. The fourth-order valence-corrected chi connectivity index (χ4v) is 3.10. The van der Waals surface area contributed by atoms with Gasteiger partial charge in [0.15, 0.2) is 0 Å². The average molecular weight is 346 g/mol. The number of halogens is 1. The molecule has 128 valence electrons. The van der Waals surface area contributed by atoms with E-state index in [-0.39, 0.29) is 24.4 Å². The molecule has 24 heavy (non-hydrogen) atoms. The number of amides is 1. The van der Waals surface area contributed by atoms with Crippen LogP contribution in [0.3, 0.4) is 0 Å². The van der Waals surface area contributed by atoms with Gasteiger partial charge in [-0.3, -0.25) is 9.69 Å². The summed E-state index contributed by atoms with van der Waals surface area (Å²) in [6.07, 6.45) is 1.40. The summed E-state index contributed by atoms with van der Waals surface area (Å²) in [7, 11) is 0. The smallest absolute Gasteiger partial charge is 0.224 e. The van der Waals surface area contributed by atoms with E-state index in [0.717, 1.165) is 31.6 Å². The van der Waals surface area contributed by atoms with Gasteiger partial charge < -0.3 is 11.1 Å². The van der Waals surface area contributed by atoms with Gasteiger partial charge in [-0.05, 0) is 29.7 Å². The van der Waals surface area contributed by atoms with E-state index in [1.165, 1.54) is 5.56 Å². The zero-order valence-electron chi connectivity index (χ0n) is 13.7. The van der Waals surface area contributed by atoms with Crippen LogP contribution in [0.5, 0.6) is 0 Å². The minimum atomic E-state index is 0. The standard InChI is InChI=1S/C19H23N3O.ClH/c20-17-8-4-7-16(11-17)12-19(23)21-18-9-10-22(14-18)13-15-5-2-1-3-6-15;/h1-8,11,18H,9-10,12-14,20H2,(H,21,23);1H. The molecular formula is C19H24ClN3O. The summed E-state index contributed by atoms with van der Waals surface area (Å²) >= 11 is 0. The van der Waals surface area contributed by atoms with Crippen LogP contribution >= 0.6 is 12.4 Å². The number of anilines is 1. The van der Waals surface area contributed by atoms with Gasteiger partial charge in [-0.25, -0.2) is 0 Å². The third-order valence-corrected chi connectivity index (χ3v) is 4.20. The van der Waals surface area contributed by atoms with Crippen molar-refractivity contribution < 1.29 is 4.79 Å². The van der Waals surface area contributed by atoms with E-state index in [2.05, 4.69) is 34.5 Å². The van der Waals surface area contributed by atoms with Crippen LogP contribution < -0.4 is 11.1 Å². The number of hydrogen-bond acceptors (Lipinski definition) is 3. The first-order valence-electron chi connectivity index (χ1n) is 8.09. The lowest BCUT2D eigenvalue weighted by Crippen LogP contribution is -2.37. The quantitative estimate of drug-likeness (QED) is 0.819. The summed E-state index contributed by atoms with van der Waals surface area (Å²) < 4.78 is 0. The van der Waals surface area contributed by atoms with Crippen LogP contribution in [0.2, 0.25) is 0 Å². The number of carbonyl (C=O) groups excluding carboxylic acids is 1. The first-order valence-corrected chi connectivity index (χ1v) is 8.09. The molecule has 5 heteroatoms. The van der Waals surface area contributed by atoms with E-state index >= 15 is 0 Å². The Balaban J connectivity index is 0.00000208. The van der Waals surface area contributed by atoms with Crippen molar-refractivity contribution >= 4 is 24.0 Å². The number of rotatable bonds is 5. The summed E-state index contributed by atoms with van der Waals surface area (Å²) in [5, 5.41) is 3.14. The summed E-state index contributed by atoms with van der Waals surface area (Å²) in [6.45, 7) is 2.89.